The van der Waals surface area contributed by atoms with Crippen molar-refractivity contribution in [2.24, 2.45) is 0 Å². The Kier molecular flexibility index (Phi) is 7.46. The minimum atomic E-state index is 0.214. The van der Waals surface area contributed by atoms with Crippen LogP contribution in [-0.2, 0) is 11.3 Å². The summed E-state index contributed by atoms with van der Waals surface area (Å²) in [6.07, 6.45) is 0.942. The summed E-state index contributed by atoms with van der Waals surface area (Å²) >= 11 is 17.2. The molecule has 0 spiro atoms. The minimum absolute atomic E-state index is 0.214. The summed E-state index contributed by atoms with van der Waals surface area (Å²) < 4.78 is 5.11. The molecule has 0 saturated carbocycles. The first-order valence-corrected chi connectivity index (χ1v) is 7.20. The molecule has 0 bridgehead atoms. The first-order chi connectivity index (χ1) is 9.06. The van der Waals surface area contributed by atoms with Crippen molar-refractivity contribution >= 4 is 40.5 Å². The molecule has 6 heteroatoms. The molecule has 0 radical (unpaired) electrons. The summed E-state index contributed by atoms with van der Waals surface area (Å²) in [4.78, 5) is 0. The van der Waals surface area contributed by atoms with E-state index in [0.29, 0.717) is 28.3 Å². The van der Waals surface area contributed by atoms with Crippen LogP contribution in [0.25, 0.3) is 0 Å². The molecule has 0 aromatic heterocycles. The maximum absolute atomic E-state index is 6.09. The fraction of sp³-hybridized carbons (Fsp3) is 0.462. The number of hydrogen-bond acceptors (Lipinski definition) is 2. The third kappa shape index (κ3) is 5.95. The summed E-state index contributed by atoms with van der Waals surface area (Å²) in [5.41, 5.74) is 0.954. The Hall–Kier alpha value is -0.550. The maximum atomic E-state index is 6.09. The molecular weight excluding hydrogens is 303 g/mol. The zero-order chi connectivity index (χ0) is 14.3. The second kappa shape index (κ2) is 8.59. The molecule has 1 aromatic carbocycles. The molecule has 1 unspecified atom stereocenters. The Morgan fingerprint density at radius 2 is 2.16 bits per heavy atom. The molecule has 19 heavy (non-hydrogen) atoms. The van der Waals surface area contributed by atoms with Gasteiger partial charge in [-0.2, -0.15) is 0 Å². The average molecular weight is 321 g/mol. The number of thiocarbonyl (C=S) groups is 1. The van der Waals surface area contributed by atoms with E-state index >= 15 is 0 Å². The van der Waals surface area contributed by atoms with Crippen molar-refractivity contribution in [3.05, 3.63) is 33.8 Å². The number of methoxy groups -OCH3 is 1. The maximum Gasteiger partial charge on any atom is 0.166 e. The van der Waals surface area contributed by atoms with Crippen LogP contribution >= 0.6 is 35.4 Å². The third-order valence-corrected chi connectivity index (χ3v) is 3.50. The van der Waals surface area contributed by atoms with E-state index in [0.717, 1.165) is 12.0 Å². The second-order valence-corrected chi connectivity index (χ2v) is 5.38. The molecule has 0 saturated heterocycles. The lowest BCUT2D eigenvalue weighted by Gasteiger charge is -2.18. The van der Waals surface area contributed by atoms with E-state index in [2.05, 4.69) is 17.6 Å². The largest absolute Gasteiger partial charge is 0.383 e. The lowest BCUT2D eigenvalue weighted by atomic mass is 10.2. The predicted octanol–water partition coefficient (Wildman–Crippen LogP) is 3.38. The fourth-order valence-corrected chi connectivity index (χ4v) is 2.25. The number of benzene rings is 1. The van der Waals surface area contributed by atoms with Crippen LogP contribution < -0.4 is 10.6 Å². The molecule has 1 atom stereocenters. The van der Waals surface area contributed by atoms with Crippen LogP contribution in [0.15, 0.2) is 18.2 Å². The first-order valence-electron chi connectivity index (χ1n) is 6.04. The van der Waals surface area contributed by atoms with Crippen LogP contribution in [0.1, 0.15) is 18.9 Å². The van der Waals surface area contributed by atoms with Crippen molar-refractivity contribution in [2.45, 2.75) is 25.9 Å². The van der Waals surface area contributed by atoms with Crippen LogP contribution in [0.5, 0.6) is 0 Å². The van der Waals surface area contributed by atoms with Gasteiger partial charge in [-0.05, 0) is 36.3 Å². The van der Waals surface area contributed by atoms with Crippen molar-refractivity contribution in [1.29, 1.82) is 0 Å². The quantitative estimate of drug-likeness (QED) is 0.787. The van der Waals surface area contributed by atoms with E-state index in [1.54, 1.807) is 19.2 Å². The highest BCUT2D eigenvalue weighted by Crippen LogP contribution is 2.20. The third-order valence-electron chi connectivity index (χ3n) is 2.65. The van der Waals surface area contributed by atoms with Gasteiger partial charge in [0.2, 0.25) is 0 Å². The summed E-state index contributed by atoms with van der Waals surface area (Å²) in [7, 11) is 1.67. The topological polar surface area (TPSA) is 33.3 Å². The fourth-order valence-electron chi connectivity index (χ4n) is 1.54. The average Bonchev–Trinajstić information content (AvgIpc) is 2.37. The van der Waals surface area contributed by atoms with Crippen molar-refractivity contribution in [3.8, 4) is 0 Å². The van der Waals surface area contributed by atoms with Crippen LogP contribution in [0.4, 0.5) is 0 Å². The van der Waals surface area contributed by atoms with Crippen LogP contribution in [0.2, 0.25) is 10.0 Å². The van der Waals surface area contributed by atoms with Gasteiger partial charge >= 0.3 is 0 Å². The molecular formula is C13H18Cl2N2OS. The highest BCUT2D eigenvalue weighted by atomic mass is 35.5. The minimum Gasteiger partial charge on any atom is -0.383 e. The number of hydrogen-bond donors (Lipinski definition) is 2. The Labute approximate surface area is 129 Å². The van der Waals surface area contributed by atoms with Gasteiger partial charge in [-0.25, -0.2) is 0 Å². The number of rotatable bonds is 6. The van der Waals surface area contributed by atoms with Gasteiger partial charge in [-0.1, -0.05) is 36.2 Å². The Balaban J connectivity index is 2.45. The molecule has 0 aliphatic heterocycles. The lowest BCUT2D eigenvalue weighted by molar-refractivity contribution is 0.172. The second-order valence-electron chi connectivity index (χ2n) is 4.12. The van der Waals surface area contributed by atoms with Crippen LogP contribution in [0, 0.1) is 0 Å². The zero-order valence-electron chi connectivity index (χ0n) is 11.0. The van der Waals surface area contributed by atoms with Crippen molar-refractivity contribution < 1.29 is 4.74 Å². The van der Waals surface area contributed by atoms with Gasteiger partial charge in [-0.15, -0.1) is 0 Å². The van der Waals surface area contributed by atoms with Gasteiger partial charge < -0.3 is 15.4 Å². The Bertz CT molecular complexity index is 429. The van der Waals surface area contributed by atoms with E-state index in [-0.39, 0.29) is 6.04 Å². The summed E-state index contributed by atoms with van der Waals surface area (Å²) in [5.74, 6) is 0. The molecule has 0 aliphatic carbocycles. The van der Waals surface area contributed by atoms with Gasteiger partial charge in [-0.3, -0.25) is 0 Å². The van der Waals surface area contributed by atoms with Gasteiger partial charge in [0.1, 0.15) is 0 Å². The number of ether oxygens (including phenoxy) is 1. The van der Waals surface area contributed by atoms with Gasteiger partial charge in [0.05, 0.1) is 12.6 Å². The Morgan fingerprint density at radius 3 is 2.74 bits per heavy atom. The molecule has 106 valence electrons. The number of halogens is 2. The van der Waals surface area contributed by atoms with E-state index in [1.165, 1.54) is 0 Å². The molecule has 1 aromatic rings. The van der Waals surface area contributed by atoms with Gasteiger partial charge in [0.15, 0.2) is 5.11 Å². The zero-order valence-corrected chi connectivity index (χ0v) is 13.3. The van der Waals surface area contributed by atoms with Gasteiger partial charge in [0.25, 0.3) is 0 Å². The normalized spacial score (nSPS) is 12.0. The summed E-state index contributed by atoms with van der Waals surface area (Å²) in [6.45, 7) is 3.26. The van der Waals surface area contributed by atoms with E-state index in [1.807, 2.05) is 6.07 Å². The summed E-state index contributed by atoms with van der Waals surface area (Å²) in [6, 6.07) is 5.62. The lowest BCUT2D eigenvalue weighted by Crippen LogP contribution is -2.43. The molecule has 0 aliphatic rings. The number of nitrogens with one attached hydrogen (secondary N) is 2. The van der Waals surface area contributed by atoms with Crippen molar-refractivity contribution in [2.75, 3.05) is 13.7 Å². The van der Waals surface area contributed by atoms with Crippen LogP contribution in [0.3, 0.4) is 0 Å². The Morgan fingerprint density at radius 1 is 1.42 bits per heavy atom. The molecule has 3 nitrogen and oxygen atoms in total. The summed E-state index contributed by atoms with van der Waals surface area (Å²) in [5, 5.41) is 8.16. The van der Waals surface area contributed by atoms with E-state index in [9.17, 15) is 0 Å². The molecule has 0 amide bonds. The van der Waals surface area contributed by atoms with E-state index in [4.69, 9.17) is 40.2 Å². The van der Waals surface area contributed by atoms with E-state index < -0.39 is 0 Å². The molecule has 0 fully saturated rings. The van der Waals surface area contributed by atoms with Crippen LogP contribution in [-0.4, -0.2) is 24.9 Å². The van der Waals surface area contributed by atoms with Crippen molar-refractivity contribution in [3.63, 3.8) is 0 Å². The monoisotopic (exact) mass is 320 g/mol. The standard InChI is InChI=1S/C13H18Cl2N2OS/c1-3-11(8-18-2)17-13(19)16-7-9-4-5-10(14)6-12(9)15/h4-6,11H,3,7-8H2,1-2H3,(H2,16,17,19). The smallest absolute Gasteiger partial charge is 0.166 e. The van der Waals surface area contributed by atoms with Gasteiger partial charge in [0, 0.05) is 23.7 Å². The molecule has 1 rings (SSSR count). The highest BCUT2D eigenvalue weighted by molar-refractivity contribution is 7.80. The SMILES string of the molecule is CCC(COC)NC(=S)NCc1ccc(Cl)cc1Cl. The highest BCUT2D eigenvalue weighted by Gasteiger charge is 2.07. The predicted molar refractivity (Wildman–Crippen MR) is 85.0 cm³/mol. The molecule has 0 heterocycles. The molecule has 2 N–H and O–H groups in total. The first kappa shape index (κ1) is 16.5. The van der Waals surface area contributed by atoms with Crippen molar-refractivity contribution in [1.82, 2.24) is 10.6 Å².